The molecule has 0 aliphatic carbocycles. The quantitative estimate of drug-likeness (QED) is 0.779. The first-order valence-electron chi connectivity index (χ1n) is 7.52. The molecule has 0 aliphatic heterocycles. The van der Waals surface area contributed by atoms with Crippen molar-refractivity contribution < 1.29 is 0 Å². The first-order chi connectivity index (χ1) is 11.1. The van der Waals surface area contributed by atoms with E-state index in [1.165, 1.54) is 5.69 Å². The fraction of sp³-hybridized carbons (Fsp3) is 0.211. The van der Waals surface area contributed by atoms with Gasteiger partial charge in [0.1, 0.15) is 0 Å². The van der Waals surface area contributed by atoms with Gasteiger partial charge in [0.15, 0.2) is 0 Å². The topological polar surface area (TPSA) is 33.1 Å². The molecule has 0 atom stereocenters. The number of rotatable bonds is 2. The molecule has 4 heteroatoms. The summed E-state index contributed by atoms with van der Waals surface area (Å²) in [7, 11) is 7.88. The summed E-state index contributed by atoms with van der Waals surface area (Å²) < 4.78 is 1.75. The lowest BCUT2D eigenvalue weighted by atomic mass is 10.3. The predicted molar refractivity (Wildman–Crippen MR) is 100.0 cm³/mol. The van der Waals surface area contributed by atoms with Crippen molar-refractivity contribution >= 4 is 11.4 Å². The molecule has 0 aliphatic rings. The van der Waals surface area contributed by atoms with Crippen LogP contribution >= 0.6 is 0 Å². The van der Waals surface area contributed by atoms with Crippen molar-refractivity contribution in [2.75, 3.05) is 31.4 Å². The van der Waals surface area contributed by atoms with E-state index >= 15 is 0 Å². The number of benzene rings is 2. The number of aryl methyl sites for hydroxylation is 1. The van der Waals surface area contributed by atoms with Gasteiger partial charge in [0.25, 0.3) is 0 Å². The fourth-order valence-corrected chi connectivity index (χ4v) is 1.68. The molecule has 4 nitrogen and oxygen atoms in total. The van der Waals surface area contributed by atoms with Gasteiger partial charge in [0.2, 0.25) is 0 Å². The third kappa shape index (κ3) is 8.31. The molecule has 0 saturated heterocycles. The second-order valence-corrected chi connectivity index (χ2v) is 5.03. The molecule has 3 rings (SSSR count). The van der Waals surface area contributed by atoms with Crippen LogP contribution in [-0.2, 0) is 7.05 Å². The molecule has 0 fully saturated rings. The van der Waals surface area contributed by atoms with Gasteiger partial charge in [-0.05, 0) is 30.3 Å². The lowest BCUT2D eigenvalue weighted by Gasteiger charge is -2.10. The van der Waals surface area contributed by atoms with E-state index < -0.39 is 0 Å². The van der Waals surface area contributed by atoms with E-state index in [-0.39, 0.29) is 0 Å². The maximum atomic E-state index is 3.83. The van der Waals surface area contributed by atoms with E-state index in [1.54, 1.807) is 10.9 Å². The first-order valence-corrected chi connectivity index (χ1v) is 7.52. The summed E-state index contributed by atoms with van der Waals surface area (Å²) in [5, 5.41) is 6.86. The average Bonchev–Trinajstić information content (AvgIpc) is 3.08. The normalized spacial score (nSPS) is 8.87. The van der Waals surface area contributed by atoms with Crippen LogP contribution in [0.5, 0.6) is 0 Å². The van der Waals surface area contributed by atoms with E-state index in [0.29, 0.717) is 0 Å². The monoisotopic (exact) mass is 310 g/mol. The van der Waals surface area contributed by atoms with Crippen molar-refractivity contribution in [1.82, 2.24) is 9.78 Å². The molecule has 0 radical (unpaired) electrons. The molecule has 0 spiro atoms. The molecular formula is C19H26N4. The number of para-hydroxylation sites is 2. The molecule has 0 unspecified atom stereocenters. The zero-order valence-corrected chi connectivity index (χ0v) is 14.3. The Bertz CT molecular complexity index is 604. The predicted octanol–water partition coefficient (Wildman–Crippen LogP) is 3.90. The van der Waals surface area contributed by atoms with Crippen LogP contribution in [0.1, 0.15) is 0 Å². The van der Waals surface area contributed by atoms with E-state index in [4.69, 9.17) is 0 Å². The van der Waals surface area contributed by atoms with Gasteiger partial charge in [-0.2, -0.15) is 5.10 Å². The van der Waals surface area contributed by atoms with Crippen molar-refractivity contribution in [3.8, 4) is 0 Å². The molecule has 0 bridgehead atoms. The first kappa shape index (κ1) is 18.3. The fourth-order valence-electron chi connectivity index (χ4n) is 1.68. The van der Waals surface area contributed by atoms with Crippen molar-refractivity contribution in [2.24, 2.45) is 7.05 Å². The highest BCUT2D eigenvalue weighted by molar-refractivity contribution is 5.43. The largest absolute Gasteiger partial charge is 0.388 e. The number of hydrogen-bond donors (Lipinski definition) is 1. The Morgan fingerprint density at radius 1 is 0.870 bits per heavy atom. The van der Waals surface area contributed by atoms with Crippen LogP contribution in [0, 0.1) is 0 Å². The molecule has 23 heavy (non-hydrogen) atoms. The van der Waals surface area contributed by atoms with Crippen LogP contribution < -0.4 is 10.2 Å². The summed E-state index contributed by atoms with van der Waals surface area (Å²) in [5.41, 5.74) is 2.41. The highest BCUT2D eigenvalue weighted by Gasteiger charge is 1.87. The van der Waals surface area contributed by atoms with Crippen molar-refractivity contribution in [3.05, 3.63) is 79.1 Å². The Kier molecular flexibility index (Phi) is 8.67. The molecule has 1 aromatic heterocycles. The van der Waals surface area contributed by atoms with Gasteiger partial charge in [-0.15, -0.1) is 0 Å². The molecule has 2 aromatic carbocycles. The summed E-state index contributed by atoms with van der Waals surface area (Å²) in [6.07, 6.45) is 3.64. The van der Waals surface area contributed by atoms with Crippen LogP contribution in [0.4, 0.5) is 11.4 Å². The Hall–Kier alpha value is -2.75. The number of anilines is 2. The maximum absolute atomic E-state index is 3.83. The van der Waals surface area contributed by atoms with Crippen LogP contribution in [0.3, 0.4) is 0 Å². The van der Waals surface area contributed by atoms with Crippen LogP contribution in [0.25, 0.3) is 0 Å². The minimum Gasteiger partial charge on any atom is -0.388 e. The van der Waals surface area contributed by atoms with Gasteiger partial charge in [0, 0.05) is 52.0 Å². The zero-order chi connectivity index (χ0) is 16.9. The van der Waals surface area contributed by atoms with E-state index in [9.17, 15) is 0 Å². The lowest BCUT2D eigenvalue weighted by molar-refractivity contribution is 0.768. The Morgan fingerprint density at radius 2 is 1.43 bits per heavy atom. The standard InChI is InChI=1S/C8H11N.C7H9N.C4H6N2/c1-9(2)8-6-4-3-5-7-8;1-8-7-5-3-2-4-6-7;1-6-4-2-3-5-6/h3-7H,1-2H3;2-6,8H,1H3;2-4H,1H3. The summed E-state index contributed by atoms with van der Waals surface area (Å²) in [4.78, 5) is 2.08. The number of nitrogens with zero attached hydrogens (tertiary/aromatic N) is 3. The summed E-state index contributed by atoms with van der Waals surface area (Å²) in [6, 6.07) is 22.2. The van der Waals surface area contributed by atoms with Crippen molar-refractivity contribution in [1.29, 1.82) is 0 Å². The number of hydrogen-bond acceptors (Lipinski definition) is 3. The second-order valence-electron chi connectivity index (χ2n) is 5.03. The van der Waals surface area contributed by atoms with E-state index in [0.717, 1.165) is 5.69 Å². The maximum Gasteiger partial charge on any atom is 0.0489 e. The van der Waals surface area contributed by atoms with Gasteiger partial charge >= 0.3 is 0 Å². The Labute approximate surface area is 139 Å². The van der Waals surface area contributed by atoms with Gasteiger partial charge in [-0.3, -0.25) is 4.68 Å². The average molecular weight is 310 g/mol. The molecule has 3 aromatic rings. The number of aromatic nitrogens is 2. The lowest BCUT2D eigenvalue weighted by Crippen LogP contribution is -2.07. The van der Waals surface area contributed by atoms with Crippen LogP contribution in [0.2, 0.25) is 0 Å². The smallest absolute Gasteiger partial charge is 0.0489 e. The second kappa shape index (κ2) is 10.9. The van der Waals surface area contributed by atoms with Gasteiger partial charge in [-0.1, -0.05) is 36.4 Å². The summed E-state index contributed by atoms with van der Waals surface area (Å²) in [6.45, 7) is 0. The molecule has 0 saturated carbocycles. The van der Waals surface area contributed by atoms with E-state index in [1.807, 2.05) is 89.0 Å². The SMILES string of the molecule is CN(C)c1ccccc1.CNc1ccccc1.Cn1cccn1. The van der Waals surface area contributed by atoms with Crippen LogP contribution in [-0.4, -0.2) is 30.9 Å². The highest BCUT2D eigenvalue weighted by Crippen LogP contribution is 2.07. The van der Waals surface area contributed by atoms with Crippen LogP contribution in [0.15, 0.2) is 79.1 Å². The third-order valence-corrected chi connectivity index (χ3v) is 2.97. The molecule has 1 N–H and O–H groups in total. The minimum absolute atomic E-state index is 1.16. The molecule has 122 valence electrons. The zero-order valence-electron chi connectivity index (χ0n) is 14.3. The molecular weight excluding hydrogens is 284 g/mol. The van der Waals surface area contributed by atoms with Gasteiger partial charge in [-0.25, -0.2) is 0 Å². The Balaban J connectivity index is 0.000000176. The van der Waals surface area contributed by atoms with Crippen molar-refractivity contribution in [2.45, 2.75) is 0 Å². The molecule has 1 heterocycles. The number of nitrogens with one attached hydrogen (secondary N) is 1. The third-order valence-electron chi connectivity index (χ3n) is 2.97. The summed E-state index contributed by atoms with van der Waals surface area (Å²) >= 11 is 0. The van der Waals surface area contributed by atoms with Crippen molar-refractivity contribution in [3.63, 3.8) is 0 Å². The minimum atomic E-state index is 1.16. The summed E-state index contributed by atoms with van der Waals surface area (Å²) in [5.74, 6) is 0. The van der Waals surface area contributed by atoms with Gasteiger partial charge in [0.05, 0.1) is 0 Å². The highest BCUT2D eigenvalue weighted by atomic mass is 15.2. The van der Waals surface area contributed by atoms with E-state index in [2.05, 4.69) is 27.4 Å². The molecule has 0 amide bonds. The Morgan fingerprint density at radius 3 is 1.70 bits per heavy atom. The van der Waals surface area contributed by atoms with Gasteiger partial charge < -0.3 is 10.2 Å².